The first-order chi connectivity index (χ1) is 9.06. The molecule has 6 nitrogen and oxygen atoms in total. The predicted octanol–water partition coefficient (Wildman–Crippen LogP) is 1.21. The molecular weight excluding hydrogens is 242 g/mol. The monoisotopic (exact) mass is 263 g/mol. The maximum absolute atomic E-state index is 11.9. The zero-order valence-electron chi connectivity index (χ0n) is 11.6. The number of nitrogens with two attached hydrogens (primary N) is 1. The van der Waals surface area contributed by atoms with Gasteiger partial charge in [-0.3, -0.25) is 10.1 Å². The Balaban J connectivity index is 2.00. The van der Waals surface area contributed by atoms with Crippen LogP contribution in [0.15, 0.2) is 0 Å². The summed E-state index contributed by atoms with van der Waals surface area (Å²) >= 11 is 0. The average molecular weight is 263 g/mol. The second kappa shape index (κ2) is 5.61. The van der Waals surface area contributed by atoms with Crippen molar-refractivity contribution in [2.75, 3.05) is 5.32 Å². The minimum Gasteiger partial charge on any atom is -0.325 e. The lowest BCUT2D eigenvalue weighted by molar-refractivity contribution is -0.118. The van der Waals surface area contributed by atoms with Gasteiger partial charge in [0.05, 0.1) is 11.4 Å². The molecule has 1 aliphatic rings. The van der Waals surface area contributed by atoms with Crippen LogP contribution in [0.2, 0.25) is 0 Å². The summed E-state index contributed by atoms with van der Waals surface area (Å²) in [6, 6.07) is 0. The van der Waals surface area contributed by atoms with E-state index in [0.717, 1.165) is 43.5 Å². The molecule has 19 heavy (non-hydrogen) atoms. The Morgan fingerprint density at radius 3 is 2.47 bits per heavy atom. The van der Waals surface area contributed by atoms with Gasteiger partial charge in [-0.05, 0) is 32.1 Å². The number of nitrogens with zero attached hydrogens (tertiary/aromatic N) is 3. The van der Waals surface area contributed by atoms with Gasteiger partial charge in [0.1, 0.15) is 0 Å². The first kappa shape index (κ1) is 13.9. The number of rotatable bonds is 5. The van der Waals surface area contributed by atoms with Crippen molar-refractivity contribution in [2.24, 2.45) is 5.73 Å². The quantitative estimate of drug-likeness (QED) is 0.832. The number of hydrogen-bond acceptors (Lipinski definition) is 5. The van der Waals surface area contributed by atoms with E-state index >= 15 is 0 Å². The second-order valence-corrected chi connectivity index (χ2v) is 5.18. The number of anilines is 1. The van der Waals surface area contributed by atoms with E-state index in [4.69, 9.17) is 5.73 Å². The van der Waals surface area contributed by atoms with Crippen molar-refractivity contribution in [3.05, 3.63) is 11.4 Å². The Labute approximate surface area is 113 Å². The van der Waals surface area contributed by atoms with E-state index in [9.17, 15) is 4.79 Å². The van der Waals surface area contributed by atoms with Crippen molar-refractivity contribution < 1.29 is 4.79 Å². The van der Waals surface area contributed by atoms with Crippen molar-refractivity contribution in [1.29, 1.82) is 0 Å². The molecule has 0 bridgehead atoms. The molecule has 3 N–H and O–H groups in total. The third kappa shape index (κ3) is 3.26. The number of hydrogen-bond donors (Lipinski definition) is 2. The fourth-order valence-corrected chi connectivity index (χ4v) is 2.29. The Hall–Kier alpha value is -1.56. The highest BCUT2D eigenvalue weighted by molar-refractivity contribution is 5.89. The molecule has 1 aromatic heterocycles. The van der Waals surface area contributed by atoms with Crippen molar-refractivity contribution in [3.63, 3.8) is 0 Å². The fraction of sp³-hybridized carbons (Fsp3) is 0.692. The highest BCUT2D eigenvalue weighted by Crippen LogP contribution is 2.32. The molecule has 2 rings (SSSR count). The van der Waals surface area contributed by atoms with Gasteiger partial charge in [0.2, 0.25) is 11.9 Å². The van der Waals surface area contributed by atoms with Gasteiger partial charge >= 0.3 is 0 Å². The molecule has 0 atom stereocenters. The summed E-state index contributed by atoms with van der Waals surface area (Å²) in [6.07, 6.45) is 4.83. The van der Waals surface area contributed by atoms with E-state index in [0.29, 0.717) is 6.42 Å². The van der Waals surface area contributed by atoms with Crippen molar-refractivity contribution >= 4 is 11.9 Å². The number of aromatic nitrogens is 3. The van der Waals surface area contributed by atoms with E-state index in [2.05, 4.69) is 20.5 Å². The van der Waals surface area contributed by atoms with Gasteiger partial charge in [-0.25, -0.2) is 4.98 Å². The van der Waals surface area contributed by atoms with E-state index in [-0.39, 0.29) is 17.4 Å². The van der Waals surface area contributed by atoms with Crippen LogP contribution in [0.4, 0.5) is 5.95 Å². The number of carbonyl (C=O) groups excluding carboxylic acids is 1. The van der Waals surface area contributed by atoms with Gasteiger partial charge in [-0.1, -0.05) is 13.8 Å². The van der Waals surface area contributed by atoms with Crippen LogP contribution in [0.1, 0.15) is 50.9 Å². The molecular formula is C13H21N5O. The summed E-state index contributed by atoms with van der Waals surface area (Å²) in [5.74, 6) is 0.150. The Morgan fingerprint density at radius 1 is 1.26 bits per heavy atom. The molecule has 1 amide bonds. The first-order valence-electron chi connectivity index (χ1n) is 6.87. The van der Waals surface area contributed by atoms with E-state index in [1.54, 1.807) is 0 Å². The highest BCUT2D eigenvalue weighted by atomic mass is 16.1. The largest absolute Gasteiger partial charge is 0.325 e. The lowest BCUT2D eigenvalue weighted by Crippen LogP contribution is -2.49. The molecule has 0 spiro atoms. The Kier molecular flexibility index (Phi) is 4.09. The van der Waals surface area contributed by atoms with Crippen LogP contribution < -0.4 is 11.1 Å². The normalized spacial score (nSPS) is 16.8. The number of nitrogens with one attached hydrogen (secondary N) is 1. The first-order valence-corrected chi connectivity index (χ1v) is 6.87. The lowest BCUT2D eigenvalue weighted by Gasteiger charge is -2.37. The summed E-state index contributed by atoms with van der Waals surface area (Å²) < 4.78 is 0. The molecule has 0 unspecified atom stereocenters. The Morgan fingerprint density at radius 2 is 1.95 bits per heavy atom. The topological polar surface area (TPSA) is 93.8 Å². The van der Waals surface area contributed by atoms with Crippen LogP contribution in [0.3, 0.4) is 0 Å². The molecule has 6 heteroatoms. The van der Waals surface area contributed by atoms with E-state index < -0.39 is 0 Å². The number of carbonyl (C=O) groups is 1. The molecule has 104 valence electrons. The van der Waals surface area contributed by atoms with Crippen LogP contribution >= 0.6 is 0 Å². The molecule has 1 fully saturated rings. The molecule has 0 saturated heterocycles. The summed E-state index contributed by atoms with van der Waals surface area (Å²) in [7, 11) is 0. The third-order valence-electron chi connectivity index (χ3n) is 3.62. The maximum Gasteiger partial charge on any atom is 0.249 e. The summed E-state index contributed by atoms with van der Waals surface area (Å²) in [4.78, 5) is 16.2. The zero-order valence-corrected chi connectivity index (χ0v) is 11.6. The molecule has 0 aromatic carbocycles. The van der Waals surface area contributed by atoms with Crippen molar-refractivity contribution in [2.45, 2.75) is 57.9 Å². The molecule has 1 aromatic rings. The van der Waals surface area contributed by atoms with Gasteiger partial charge in [0.15, 0.2) is 0 Å². The van der Waals surface area contributed by atoms with Crippen LogP contribution in [-0.4, -0.2) is 26.6 Å². The highest BCUT2D eigenvalue weighted by Gasteiger charge is 2.34. The van der Waals surface area contributed by atoms with Gasteiger partial charge in [0, 0.05) is 12.0 Å². The minimum atomic E-state index is -0.325. The van der Waals surface area contributed by atoms with Crippen LogP contribution in [0.25, 0.3) is 0 Å². The number of aryl methyl sites for hydroxylation is 2. The van der Waals surface area contributed by atoms with Gasteiger partial charge in [-0.15, -0.1) is 10.2 Å². The fourth-order valence-electron chi connectivity index (χ4n) is 2.29. The van der Waals surface area contributed by atoms with Crippen LogP contribution in [0, 0.1) is 0 Å². The van der Waals surface area contributed by atoms with Gasteiger partial charge < -0.3 is 5.73 Å². The Bertz CT molecular complexity index is 470. The molecule has 0 aliphatic heterocycles. The average Bonchev–Trinajstić information content (AvgIpc) is 2.36. The number of amides is 1. The SMILES string of the molecule is CCc1nnc(NC(=O)CC2(N)CCC2)nc1CC. The maximum atomic E-state index is 11.9. The lowest BCUT2D eigenvalue weighted by atomic mass is 9.75. The molecule has 1 heterocycles. The van der Waals surface area contributed by atoms with Crippen molar-refractivity contribution in [3.8, 4) is 0 Å². The van der Waals surface area contributed by atoms with Crippen LogP contribution in [0.5, 0.6) is 0 Å². The predicted molar refractivity (Wildman–Crippen MR) is 72.6 cm³/mol. The summed E-state index contributed by atoms with van der Waals surface area (Å²) in [6.45, 7) is 4.02. The van der Waals surface area contributed by atoms with Crippen LogP contribution in [-0.2, 0) is 17.6 Å². The van der Waals surface area contributed by atoms with Crippen molar-refractivity contribution in [1.82, 2.24) is 15.2 Å². The zero-order chi connectivity index (χ0) is 13.9. The summed E-state index contributed by atoms with van der Waals surface area (Å²) in [5.41, 5.74) is 7.49. The van der Waals surface area contributed by atoms with Gasteiger partial charge in [0.25, 0.3) is 0 Å². The third-order valence-corrected chi connectivity index (χ3v) is 3.62. The molecule has 0 radical (unpaired) electrons. The summed E-state index contributed by atoms with van der Waals surface area (Å²) in [5, 5.41) is 10.7. The molecule has 1 aliphatic carbocycles. The second-order valence-electron chi connectivity index (χ2n) is 5.18. The minimum absolute atomic E-state index is 0.129. The smallest absolute Gasteiger partial charge is 0.249 e. The van der Waals surface area contributed by atoms with E-state index in [1.165, 1.54) is 0 Å². The standard InChI is InChI=1S/C13H21N5O/c1-3-9-10(4-2)17-18-12(15-9)16-11(19)8-13(14)6-5-7-13/h3-8,14H2,1-2H3,(H,15,16,18,19). The molecule has 1 saturated carbocycles. The van der Waals surface area contributed by atoms with Gasteiger partial charge in [-0.2, -0.15) is 0 Å². The van der Waals surface area contributed by atoms with E-state index in [1.807, 2.05) is 13.8 Å².